The van der Waals surface area contributed by atoms with Crippen LogP contribution in [0, 0.1) is 6.07 Å². The van der Waals surface area contributed by atoms with E-state index in [1.807, 2.05) is 24.4 Å². The van der Waals surface area contributed by atoms with Crippen LogP contribution in [0.5, 0.6) is 0 Å². The van der Waals surface area contributed by atoms with Crippen LogP contribution < -0.4 is 0 Å². The summed E-state index contributed by atoms with van der Waals surface area (Å²) in [6.45, 7) is 3.06. The first-order chi connectivity index (χ1) is 10.1. The molecular weight excluding hydrogens is 454 g/mol. The number of hydrogen-bond donors (Lipinski definition) is 1. The number of rotatable bonds is 2. The van der Waals surface area contributed by atoms with Crippen LogP contribution in [-0.2, 0) is 24.9 Å². The van der Waals surface area contributed by atoms with Gasteiger partial charge in [-0.2, -0.15) is 0 Å². The smallest absolute Gasteiger partial charge is 0.132 e. The minimum absolute atomic E-state index is 0. The SMILES string of the molecule is CC(=O)CC(C)O.[Ir].[c-]1cccc2ccc3cccnc3c12. The average Bonchev–Trinajstić information content (AvgIpc) is 2.46. The van der Waals surface area contributed by atoms with Gasteiger partial charge in [-0.15, -0.1) is 35.0 Å². The van der Waals surface area contributed by atoms with Gasteiger partial charge >= 0.3 is 0 Å². The fourth-order valence-corrected chi connectivity index (χ4v) is 2.15. The number of pyridine rings is 1. The van der Waals surface area contributed by atoms with Gasteiger partial charge in [0.1, 0.15) is 5.78 Å². The van der Waals surface area contributed by atoms with Crippen LogP contribution in [-0.4, -0.2) is 22.0 Å². The molecule has 0 aliphatic carbocycles. The number of aliphatic hydroxyl groups excluding tert-OH is 1. The van der Waals surface area contributed by atoms with Crippen molar-refractivity contribution in [2.75, 3.05) is 0 Å². The molecule has 0 saturated carbocycles. The Labute approximate surface area is 143 Å². The van der Waals surface area contributed by atoms with Crippen molar-refractivity contribution < 1.29 is 30.0 Å². The van der Waals surface area contributed by atoms with Crippen molar-refractivity contribution >= 4 is 27.5 Å². The number of fused-ring (bicyclic) bond motifs is 3. The van der Waals surface area contributed by atoms with Crippen LogP contribution in [0.3, 0.4) is 0 Å². The van der Waals surface area contributed by atoms with Crippen molar-refractivity contribution in [1.29, 1.82) is 0 Å². The predicted octanol–water partition coefficient (Wildman–Crippen LogP) is 3.53. The molecular formula is C18H18IrNO2-. The maximum absolute atomic E-state index is 10.1. The Morgan fingerprint density at radius 1 is 1.23 bits per heavy atom. The van der Waals surface area contributed by atoms with Crippen molar-refractivity contribution in [2.45, 2.75) is 26.4 Å². The molecule has 1 heterocycles. The van der Waals surface area contributed by atoms with E-state index in [-0.39, 0.29) is 32.3 Å². The van der Waals surface area contributed by atoms with Gasteiger partial charge in [0.15, 0.2) is 0 Å². The van der Waals surface area contributed by atoms with Crippen LogP contribution in [0.4, 0.5) is 0 Å². The zero-order chi connectivity index (χ0) is 15.2. The van der Waals surface area contributed by atoms with Gasteiger partial charge in [0, 0.05) is 32.7 Å². The Morgan fingerprint density at radius 2 is 1.91 bits per heavy atom. The first-order valence-electron chi connectivity index (χ1n) is 6.89. The molecule has 0 bridgehead atoms. The maximum Gasteiger partial charge on any atom is 0.132 e. The van der Waals surface area contributed by atoms with Crippen LogP contribution in [0.15, 0.2) is 48.7 Å². The summed E-state index contributed by atoms with van der Waals surface area (Å²) in [4.78, 5) is 14.5. The van der Waals surface area contributed by atoms with Gasteiger partial charge in [-0.1, -0.05) is 18.2 Å². The first-order valence-corrected chi connectivity index (χ1v) is 6.89. The fourth-order valence-electron chi connectivity index (χ4n) is 2.15. The second-order valence-electron chi connectivity index (χ2n) is 5.03. The number of Topliss-reactive ketones (excluding diaryl/α,β-unsaturated/α-hetero) is 1. The zero-order valence-corrected chi connectivity index (χ0v) is 14.9. The number of carbonyl (C=O) groups is 1. The quantitative estimate of drug-likeness (QED) is 0.459. The molecule has 1 atom stereocenters. The third-order valence-electron chi connectivity index (χ3n) is 2.99. The Hall–Kier alpha value is -1.61. The topological polar surface area (TPSA) is 50.2 Å². The van der Waals surface area contributed by atoms with Crippen LogP contribution >= 0.6 is 0 Å². The van der Waals surface area contributed by atoms with E-state index in [2.05, 4.69) is 35.3 Å². The van der Waals surface area contributed by atoms with Gasteiger partial charge in [-0.05, 0) is 30.8 Å². The van der Waals surface area contributed by atoms with Crippen LogP contribution in [0.25, 0.3) is 21.7 Å². The Kier molecular flexibility index (Phi) is 7.33. The third kappa shape index (κ3) is 4.99. The fraction of sp³-hybridized carbons (Fsp3) is 0.222. The Balaban J connectivity index is 0.000000264. The number of nitrogens with zero attached hydrogens (tertiary/aromatic N) is 1. The Morgan fingerprint density at radius 3 is 2.55 bits per heavy atom. The van der Waals surface area contributed by atoms with E-state index >= 15 is 0 Å². The van der Waals surface area contributed by atoms with Crippen LogP contribution in [0.1, 0.15) is 20.3 Å². The summed E-state index contributed by atoms with van der Waals surface area (Å²) in [6, 6.07) is 17.5. The number of benzene rings is 2. The van der Waals surface area contributed by atoms with Gasteiger partial charge in [0.25, 0.3) is 0 Å². The van der Waals surface area contributed by atoms with E-state index < -0.39 is 6.10 Å². The Bertz CT molecular complexity index is 701. The van der Waals surface area contributed by atoms with Crippen molar-refractivity contribution in [3.05, 3.63) is 54.7 Å². The average molecular weight is 473 g/mol. The number of carbonyl (C=O) groups excluding carboxylic acids is 1. The van der Waals surface area contributed by atoms with Crippen molar-refractivity contribution in [2.24, 2.45) is 0 Å². The molecule has 0 aliphatic rings. The van der Waals surface area contributed by atoms with E-state index in [1.54, 1.807) is 6.92 Å². The molecule has 4 heteroatoms. The van der Waals surface area contributed by atoms with E-state index in [1.165, 1.54) is 17.7 Å². The second-order valence-corrected chi connectivity index (χ2v) is 5.03. The summed E-state index contributed by atoms with van der Waals surface area (Å²) < 4.78 is 0. The van der Waals surface area contributed by atoms with Crippen LogP contribution in [0.2, 0.25) is 0 Å². The minimum Gasteiger partial charge on any atom is -0.393 e. The summed E-state index contributed by atoms with van der Waals surface area (Å²) >= 11 is 0. The normalized spacial score (nSPS) is 11.2. The summed E-state index contributed by atoms with van der Waals surface area (Å²) in [6.07, 6.45) is 1.63. The predicted molar refractivity (Wildman–Crippen MR) is 85.1 cm³/mol. The third-order valence-corrected chi connectivity index (χ3v) is 2.99. The molecule has 3 rings (SSSR count). The molecule has 22 heavy (non-hydrogen) atoms. The van der Waals surface area contributed by atoms with Gasteiger partial charge < -0.3 is 10.1 Å². The zero-order valence-electron chi connectivity index (χ0n) is 12.5. The molecule has 0 aliphatic heterocycles. The number of aromatic nitrogens is 1. The molecule has 3 aromatic rings. The molecule has 117 valence electrons. The molecule has 0 fully saturated rings. The summed E-state index contributed by atoms with van der Waals surface area (Å²) in [7, 11) is 0. The largest absolute Gasteiger partial charge is 0.393 e. The van der Waals surface area contributed by atoms with E-state index in [0.29, 0.717) is 0 Å². The second kappa shape index (κ2) is 8.74. The van der Waals surface area contributed by atoms with E-state index in [0.717, 1.165) is 10.9 Å². The van der Waals surface area contributed by atoms with Crippen molar-refractivity contribution in [3.8, 4) is 0 Å². The molecule has 0 spiro atoms. The molecule has 0 amide bonds. The minimum atomic E-state index is -0.475. The monoisotopic (exact) mass is 473 g/mol. The number of aliphatic hydroxyl groups is 1. The van der Waals surface area contributed by atoms with E-state index in [4.69, 9.17) is 5.11 Å². The van der Waals surface area contributed by atoms with Gasteiger partial charge in [-0.3, -0.25) is 4.79 Å². The first kappa shape index (κ1) is 18.4. The van der Waals surface area contributed by atoms with E-state index in [9.17, 15) is 4.79 Å². The molecule has 3 nitrogen and oxygen atoms in total. The summed E-state index contributed by atoms with van der Waals surface area (Å²) in [5.74, 6) is 0.0370. The van der Waals surface area contributed by atoms with Gasteiger partial charge in [0.2, 0.25) is 0 Å². The molecule has 2 aromatic carbocycles. The number of ketones is 1. The van der Waals surface area contributed by atoms with Gasteiger partial charge in [-0.25, -0.2) is 0 Å². The van der Waals surface area contributed by atoms with Crippen molar-refractivity contribution in [3.63, 3.8) is 0 Å². The molecule has 1 N–H and O–H groups in total. The molecule has 1 radical (unpaired) electrons. The van der Waals surface area contributed by atoms with Gasteiger partial charge in [0.05, 0.1) is 6.10 Å². The standard InChI is InChI=1S/C13H8N.C5H10O2.Ir/c1-2-6-12-10(4-1)7-8-11-5-3-9-14-13(11)12;1-4(6)3-5(2)7;/h1-5,7-9H;4,6H,3H2,1-2H3;/q-1;;. The summed E-state index contributed by atoms with van der Waals surface area (Å²) in [5, 5.41) is 12.0. The number of hydrogen-bond acceptors (Lipinski definition) is 3. The molecule has 1 aromatic heterocycles. The molecule has 1 unspecified atom stereocenters. The maximum atomic E-state index is 10.1. The van der Waals surface area contributed by atoms with Crippen molar-refractivity contribution in [1.82, 2.24) is 4.98 Å². The summed E-state index contributed by atoms with van der Waals surface area (Å²) in [5.41, 5.74) is 1.03. The molecule has 0 saturated heterocycles.